The maximum atomic E-state index is 13.1. The first kappa shape index (κ1) is 31.3. The molecule has 2 heterocycles. The van der Waals surface area contributed by atoms with Gasteiger partial charge in [0.05, 0.1) is 12.6 Å². The number of ether oxygens (including phenoxy) is 1. The summed E-state index contributed by atoms with van der Waals surface area (Å²) in [6, 6.07) is 6.87. The van der Waals surface area contributed by atoms with Crippen molar-refractivity contribution in [1.29, 1.82) is 0 Å². The van der Waals surface area contributed by atoms with Gasteiger partial charge >= 0.3 is 6.09 Å². The lowest BCUT2D eigenvalue weighted by Crippen LogP contribution is -2.55. The highest BCUT2D eigenvalue weighted by Crippen LogP contribution is 2.22. The molecule has 2 fully saturated rings. The van der Waals surface area contributed by atoms with Gasteiger partial charge in [0.1, 0.15) is 6.04 Å². The summed E-state index contributed by atoms with van der Waals surface area (Å²) in [6.45, 7) is 4.82. The fraction of sp³-hybridized carbons (Fsp3) is 0.615. The standard InChI is InChI=1S/C26H38N4O9S/c1-16(2)10-20(24(33)28-21(25(34)40(36,37)38)12-19-8-9-27-23(19)32)29-26(35)39-15-18-11-22(31)30(14-18)13-17-6-4-3-5-7-17/h3-7,16,18-21,25,34H,8-15H2,1-2H3,(H,27,32)(H,28,33)(H,29,35)(H,36,37,38)/t18?,19-,20-,21-,25?/m0/s1. The molecule has 3 rings (SSSR count). The maximum Gasteiger partial charge on any atom is 0.407 e. The van der Waals surface area contributed by atoms with Crippen LogP contribution in [0.25, 0.3) is 0 Å². The number of carbonyl (C=O) groups excluding carboxylic acids is 4. The van der Waals surface area contributed by atoms with E-state index < -0.39 is 45.6 Å². The third-order valence-corrected chi connectivity index (χ3v) is 7.89. The molecule has 1 aromatic rings. The number of nitrogens with zero attached hydrogens (tertiary/aromatic N) is 1. The first-order valence-corrected chi connectivity index (χ1v) is 14.8. The van der Waals surface area contributed by atoms with Gasteiger partial charge in [-0.3, -0.25) is 18.9 Å². The van der Waals surface area contributed by atoms with E-state index in [0.29, 0.717) is 26.1 Å². The van der Waals surface area contributed by atoms with Gasteiger partial charge in [0.2, 0.25) is 23.2 Å². The Labute approximate surface area is 233 Å². The Morgan fingerprint density at radius 1 is 1.18 bits per heavy atom. The monoisotopic (exact) mass is 582 g/mol. The summed E-state index contributed by atoms with van der Waals surface area (Å²) >= 11 is 0. The largest absolute Gasteiger partial charge is 0.449 e. The molecule has 0 radical (unpaired) electrons. The van der Waals surface area contributed by atoms with Crippen molar-refractivity contribution in [3.05, 3.63) is 35.9 Å². The molecular formula is C26H38N4O9S. The van der Waals surface area contributed by atoms with Gasteiger partial charge in [-0.05, 0) is 30.7 Å². The molecule has 0 spiro atoms. The summed E-state index contributed by atoms with van der Waals surface area (Å²) in [5, 5.41) is 17.7. The van der Waals surface area contributed by atoms with Crippen LogP contribution in [0.15, 0.2) is 30.3 Å². The molecule has 1 aromatic carbocycles. The van der Waals surface area contributed by atoms with Gasteiger partial charge in [-0.15, -0.1) is 0 Å². The van der Waals surface area contributed by atoms with Crippen LogP contribution in [0.1, 0.15) is 45.1 Å². The fourth-order valence-corrected chi connectivity index (χ4v) is 5.51. The van der Waals surface area contributed by atoms with Crippen molar-refractivity contribution in [2.75, 3.05) is 19.7 Å². The minimum absolute atomic E-state index is 0.0419. The Bertz CT molecular complexity index is 1160. The second kappa shape index (κ2) is 13.9. The molecule has 40 heavy (non-hydrogen) atoms. The normalized spacial score (nSPS) is 21.6. The molecule has 2 saturated heterocycles. The molecule has 222 valence electrons. The Balaban J connectivity index is 1.57. The lowest BCUT2D eigenvalue weighted by molar-refractivity contribution is -0.128. The van der Waals surface area contributed by atoms with E-state index in [4.69, 9.17) is 4.74 Å². The van der Waals surface area contributed by atoms with Gasteiger partial charge < -0.3 is 30.7 Å². The lowest BCUT2D eigenvalue weighted by atomic mass is 9.97. The van der Waals surface area contributed by atoms with Crippen LogP contribution in [0.4, 0.5) is 4.79 Å². The van der Waals surface area contributed by atoms with Gasteiger partial charge in [-0.1, -0.05) is 44.2 Å². The third-order valence-electron chi connectivity index (χ3n) is 6.95. The maximum absolute atomic E-state index is 13.1. The summed E-state index contributed by atoms with van der Waals surface area (Å²) in [5.41, 5.74) is -1.38. The summed E-state index contributed by atoms with van der Waals surface area (Å²) < 4.78 is 38.0. The van der Waals surface area contributed by atoms with E-state index in [1.54, 1.807) is 4.90 Å². The molecule has 14 heteroatoms. The highest BCUT2D eigenvalue weighted by molar-refractivity contribution is 7.86. The van der Waals surface area contributed by atoms with Gasteiger partial charge in [-0.25, -0.2) is 4.79 Å². The van der Waals surface area contributed by atoms with Crippen LogP contribution < -0.4 is 16.0 Å². The zero-order chi connectivity index (χ0) is 29.4. The minimum atomic E-state index is -4.96. The number of likely N-dealkylation sites (tertiary alicyclic amines) is 1. The number of nitrogens with one attached hydrogen (secondary N) is 3. The topological polar surface area (TPSA) is 191 Å². The van der Waals surface area contributed by atoms with Crippen molar-refractivity contribution in [3.63, 3.8) is 0 Å². The molecule has 4 amide bonds. The Morgan fingerprint density at radius 2 is 1.88 bits per heavy atom. The second-order valence-corrected chi connectivity index (χ2v) is 12.3. The Hall–Kier alpha value is -3.23. The molecule has 5 atom stereocenters. The number of aliphatic hydroxyl groups is 1. The molecule has 0 bridgehead atoms. The number of carbonyl (C=O) groups is 4. The van der Waals surface area contributed by atoms with Crippen LogP contribution >= 0.6 is 0 Å². The predicted molar refractivity (Wildman–Crippen MR) is 143 cm³/mol. The average molecular weight is 583 g/mol. The van der Waals surface area contributed by atoms with Crippen LogP contribution in [0.5, 0.6) is 0 Å². The third kappa shape index (κ3) is 9.17. The number of hydrogen-bond donors (Lipinski definition) is 5. The summed E-state index contributed by atoms with van der Waals surface area (Å²) in [4.78, 5) is 51.8. The lowest BCUT2D eigenvalue weighted by Gasteiger charge is -2.27. The van der Waals surface area contributed by atoms with Crippen LogP contribution in [0.3, 0.4) is 0 Å². The Morgan fingerprint density at radius 3 is 2.48 bits per heavy atom. The Kier molecular flexibility index (Phi) is 10.9. The van der Waals surface area contributed by atoms with Crippen molar-refractivity contribution < 1.29 is 42.0 Å². The van der Waals surface area contributed by atoms with E-state index in [1.165, 1.54) is 0 Å². The number of benzene rings is 1. The second-order valence-electron chi connectivity index (χ2n) is 10.8. The molecule has 0 saturated carbocycles. The molecule has 0 aromatic heterocycles. The zero-order valence-corrected chi connectivity index (χ0v) is 23.4. The fourth-order valence-electron chi connectivity index (χ4n) is 4.92. The highest BCUT2D eigenvalue weighted by Gasteiger charge is 2.38. The van der Waals surface area contributed by atoms with E-state index in [0.717, 1.165) is 5.56 Å². The summed E-state index contributed by atoms with van der Waals surface area (Å²) in [7, 11) is -4.96. The molecular weight excluding hydrogens is 544 g/mol. The van der Waals surface area contributed by atoms with Crippen molar-refractivity contribution in [2.24, 2.45) is 17.8 Å². The molecule has 5 N–H and O–H groups in total. The molecule has 0 aliphatic carbocycles. The minimum Gasteiger partial charge on any atom is -0.449 e. The van der Waals surface area contributed by atoms with Gasteiger partial charge in [0, 0.05) is 37.9 Å². The number of aliphatic hydroxyl groups excluding tert-OH is 1. The van der Waals surface area contributed by atoms with E-state index in [9.17, 15) is 37.3 Å². The quantitative estimate of drug-likeness (QED) is 0.205. The number of hydrogen-bond acceptors (Lipinski definition) is 8. The summed E-state index contributed by atoms with van der Waals surface area (Å²) in [5.74, 6) is -2.16. The molecule has 2 unspecified atom stereocenters. The van der Waals surface area contributed by atoms with Crippen LogP contribution in [0, 0.1) is 17.8 Å². The smallest absolute Gasteiger partial charge is 0.407 e. The van der Waals surface area contributed by atoms with E-state index in [1.807, 2.05) is 44.2 Å². The number of rotatable bonds is 13. The SMILES string of the molecule is CC(C)C[C@H](NC(=O)OCC1CC(=O)N(Cc2ccccc2)C1)C(=O)N[C@@H](C[C@@H]1CCNC1=O)C(O)S(=O)(=O)O. The van der Waals surface area contributed by atoms with Crippen LogP contribution in [0.2, 0.25) is 0 Å². The zero-order valence-electron chi connectivity index (χ0n) is 22.6. The summed E-state index contributed by atoms with van der Waals surface area (Å²) in [6.07, 6.45) is -0.369. The van der Waals surface area contributed by atoms with Crippen LogP contribution in [-0.4, -0.2) is 84.0 Å². The van der Waals surface area contributed by atoms with Gasteiger partial charge in [0.25, 0.3) is 10.1 Å². The predicted octanol–water partition coefficient (Wildman–Crippen LogP) is 0.393. The molecule has 13 nitrogen and oxygen atoms in total. The van der Waals surface area contributed by atoms with E-state index >= 15 is 0 Å². The first-order valence-electron chi connectivity index (χ1n) is 13.3. The molecule has 2 aliphatic rings. The van der Waals surface area contributed by atoms with Gasteiger partial charge in [0.15, 0.2) is 0 Å². The van der Waals surface area contributed by atoms with Crippen molar-refractivity contribution in [2.45, 2.75) is 63.6 Å². The first-order chi connectivity index (χ1) is 18.8. The van der Waals surface area contributed by atoms with Gasteiger partial charge in [-0.2, -0.15) is 8.42 Å². The van der Waals surface area contributed by atoms with Crippen LogP contribution in [-0.2, 0) is 35.8 Å². The van der Waals surface area contributed by atoms with Crippen molar-refractivity contribution >= 4 is 33.9 Å². The average Bonchev–Trinajstić information content (AvgIpc) is 3.45. The van der Waals surface area contributed by atoms with E-state index in [-0.39, 0.29) is 49.5 Å². The number of alkyl carbamates (subject to hydrolysis) is 1. The highest BCUT2D eigenvalue weighted by atomic mass is 32.2. The van der Waals surface area contributed by atoms with Crippen molar-refractivity contribution in [3.8, 4) is 0 Å². The van der Waals surface area contributed by atoms with E-state index in [2.05, 4.69) is 16.0 Å². The number of amides is 4. The molecule has 2 aliphatic heterocycles. The van der Waals surface area contributed by atoms with Crippen molar-refractivity contribution in [1.82, 2.24) is 20.9 Å².